The van der Waals surface area contributed by atoms with Crippen LogP contribution in [0.5, 0.6) is 0 Å². The van der Waals surface area contributed by atoms with Gasteiger partial charge in [-0.25, -0.2) is 0 Å². The Kier molecular flexibility index (Phi) is 10.3. The van der Waals surface area contributed by atoms with Crippen LogP contribution in [-0.4, -0.2) is 31.4 Å². The number of benzene rings is 2. The van der Waals surface area contributed by atoms with E-state index in [4.69, 9.17) is 13.9 Å². The molecule has 0 bridgehead atoms. The summed E-state index contributed by atoms with van der Waals surface area (Å²) < 4.78 is 18.2. The van der Waals surface area contributed by atoms with Crippen molar-refractivity contribution in [2.75, 3.05) is 18.0 Å². The molecule has 0 spiro atoms. The van der Waals surface area contributed by atoms with Gasteiger partial charge in [0, 0.05) is 29.7 Å². The fourth-order valence-corrected chi connectivity index (χ4v) is 5.71. The van der Waals surface area contributed by atoms with Crippen LogP contribution in [-0.2, 0) is 9.49 Å². The minimum atomic E-state index is -1.10. The van der Waals surface area contributed by atoms with Crippen molar-refractivity contribution in [3.63, 3.8) is 0 Å². The van der Waals surface area contributed by atoms with Crippen molar-refractivity contribution in [3.05, 3.63) is 98.9 Å². The maximum atomic E-state index is 13.7. The highest BCUT2D eigenvalue weighted by atomic mass is 16.6. The molecule has 1 saturated heterocycles. The summed E-state index contributed by atoms with van der Waals surface area (Å²) in [7, 11) is -1.10. The second kappa shape index (κ2) is 13.7. The van der Waals surface area contributed by atoms with E-state index in [0.717, 1.165) is 53.8 Å². The van der Waals surface area contributed by atoms with Crippen LogP contribution in [0.2, 0.25) is 0 Å². The fraction of sp³-hybridized carbons (Fsp3) is 0.389. The molecule has 1 N–H and O–H groups in total. The van der Waals surface area contributed by atoms with Gasteiger partial charge in [0.05, 0.1) is 17.2 Å². The molecule has 0 radical (unpaired) electrons. The van der Waals surface area contributed by atoms with Gasteiger partial charge in [0.2, 0.25) is 5.88 Å². The lowest BCUT2D eigenvalue weighted by atomic mass is 9.75. The first-order chi connectivity index (χ1) is 21.0. The minimum absolute atomic E-state index is 0.00822. The summed E-state index contributed by atoms with van der Waals surface area (Å²) >= 11 is 0. The summed E-state index contributed by atoms with van der Waals surface area (Å²) in [4.78, 5) is 15.9. The Hall–Kier alpha value is -4.04. The third kappa shape index (κ3) is 6.70. The third-order valence-corrected chi connectivity index (χ3v) is 8.32. The number of rotatable bonds is 7. The molecule has 3 heterocycles. The normalized spacial score (nSPS) is 16.9. The molecule has 2 aromatic carbocycles. The molecule has 232 valence electrons. The maximum Gasteiger partial charge on any atom is 0.583 e. The highest BCUT2D eigenvalue weighted by Gasteiger charge is 2.29. The molecule has 1 unspecified atom stereocenters. The smallest absolute Gasteiger partial charge is 0.485 e. The largest absolute Gasteiger partial charge is 0.583 e. The number of hydrogen-bond acceptors (Lipinski definition) is 7. The standard InChI is InChI=1S/C34H39BN2O5.C2H6/c1-8-10-30(26(9-2)24-11-12-29-25(19-24)20-36-42-35(29)39)40-23(5)27-17-21(3)18-28-31(38)22(4)33(41-32(27)28)37-15-13-34(6,7)14-16-37;1-2/h8-12,17-20,23,39H,2,13-16H2,1,3-7H3;1-2H3/b10-8-,30-26-;. The van der Waals surface area contributed by atoms with Gasteiger partial charge in [-0.1, -0.05) is 58.6 Å². The quantitative estimate of drug-likeness (QED) is 0.174. The summed E-state index contributed by atoms with van der Waals surface area (Å²) in [6.07, 6.45) is 8.78. The van der Waals surface area contributed by atoms with Gasteiger partial charge in [-0.2, -0.15) is 0 Å². The number of nitrogens with zero attached hydrogens (tertiary/aromatic N) is 2. The maximum absolute atomic E-state index is 13.7. The van der Waals surface area contributed by atoms with Crippen molar-refractivity contribution in [2.24, 2.45) is 10.6 Å². The van der Waals surface area contributed by atoms with Crippen molar-refractivity contribution < 1.29 is 18.9 Å². The van der Waals surface area contributed by atoms with Crippen molar-refractivity contribution >= 4 is 41.2 Å². The summed E-state index contributed by atoms with van der Waals surface area (Å²) in [6, 6.07) is 9.57. The Balaban J connectivity index is 0.00000216. The van der Waals surface area contributed by atoms with E-state index in [2.05, 4.69) is 30.5 Å². The first-order valence-corrected chi connectivity index (χ1v) is 15.5. The monoisotopic (exact) mass is 596 g/mol. The number of hydrogen-bond donors (Lipinski definition) is 1. The van der Waals surface area contributed by atoms with Crippen LogP contribution >= 0.6 is 0 Å². The Morgan fingerprint density at radius 3 is 2.55 bits per heavy atom. The molecule has 0 aliphatic carbocycles. The molecule has 0 saturated carbocycles. The van der Waals surface area contributed by atoms with Gasteiger partial charge >= 0.3 is 7.12 Å². The number of piperidine rings is 1. The van der Waals surface area contributed by atoms with E-state index in [-0.39, 0.29) is 10.8 Å². The Labute approximate surface area is 261 Å². The first-order valence-electron chi connectivity index (χ1n) is 15.5. The highest BCUT2D eigenvalue weighted by Crippen LogP contribution is 2.37. The topological polar surface area (TPSA) is 84.5 Å². The molecule has 8 heteroatoms. The zero-order valence-corrected chi connectivity index (χ0v) is 27.4. The lowest BCUT2D eigenvalue weighted by Crippen LogP contribution is -2.38. The second-order valence-corrected chi connectivity index (χ2v) is 12.0. The molecular weight excluding hydrogens is 551 g/mol. The lowest BCUT2D eigenvalue weighted by Gasteiger charge is -2.37. The first kappa shape index (κ1) is 32.9. The van der Waals surface area contributed by atoms with Gasteiger partial charge in [-0.05, 0) is 86.9 Å². The molecular formula is C36H45BN2O5. The van der Waals surface area contributed by atoms with E-state index >= 15 is 0 Å². The van der Waals surface area contributed by atoms with Gasteiger partial charge in [0.25, 0.3) is 0 Å². The number of allylic oxidation sites excluding steroid dienone is 4. The number of ether oxygens (including phenoxy) is 1. The van der Waals surface area contributed by atoms with Gasteiger partial charge in [0.15, 0.2) is 5.43 Å². The van der Waals surface area contributed by atoms with Crippen LogP contribution in [0.1, 0.15) is 88.3 Å². The molecule has 2 aliphatic rings. The summed E-state index contributed by atoms with van der Waals surface area (Å²) in [5, 5.41) is 14.5. The zero-order valence-electron chi connectivity index (χ0n) is 27.4. The zero-order chi connectivity index (χ0) is 32.2. The van der Waals surface area contributed by atoms with E-state index < -0.39 is 13.2 Å². The lowest BCUT2D eigenvalue weighted by molar-refractivity contribution is 0.145. The Bertz CT molecular complexity index is 1670. The van der Waals surface area contributed by atoms with E-state index in [1.54, 1.807) is 12.3 Å². The molecule has 1 fully saturated rings. The number of fused-ring (bicyclic) bond motifs is 2. The predicted molar refractivity (Wildman–Crippen MR) is 183 cm³/mol. The minimum Gasteiger partial charge on any atom is -0.485 e. The van der Waals surface area contributed by atoms with Gasteiger partial charge in [0.1, 0.15) is 17.4 Å². The van der Waals surface area contributed by atoms with Gasteiger partial charge < -0.3 is 23.8 Å². The molecule has 2 aliphatic heterocycles. The number of anilines is 1. The fourth-order valence-electron chi connectivity index (χ4n) is 5.71. The molecule has 44 heavy (non-hydrogen) atoms. The van der Waals surface area contributed by atoms with Crippen LogP contribution in [0.3, 0.4) is 0 Å². The van der Waals surface area contributed by atoms with Gasteiger partial charge in [-0.3, -0.25) is 4.79 Å². The average molecular weight is 597 g/mol. The third-order valence-electron chi connectivity index (χ3n) is 8.32. The van der Waals surface area contributed by atoms with Crippen LogP contribution in [0.15, 0.2) is 75.3 Å². The Morgan fingerprint density at radius 2 is 1.89 bits per heavy atom. The van der Waals surface area contributed by atoms with Gasteiger partial charge in [-0.15, -0.1) is 5.16 Å². The summed E-state index contributed by atoms with van der Waals surface area (Å²) in [6.45, 7) is 22.1. The van der Waals surface area contributed by atoms with Crippen molar-refractivity contribution in [1.82, 2.24) is 0 Å². The number of oxime groups is 1. The summed E-state index contributed by atoms with van der Waals surface area (Å²) in [5.41, 5.74) is 6.28. The Morgan fingerprint density at radius 1 is 1.18 bits per heavy atom. The highest BCUT2D eigenvalue weighted by molar-refractivity contribution is 6.62. The second-order valence-electron chi connectivity index (χ2n) is 12.0. The number of aryl methyl sites for hydroxylation is 1. The van der Waals surface area contributed by atoms with Crippen LogP contribution < -0.4 is 15.8 Å². The van der Waals surface area contributed by atoms with Crippen molar-refractivity contribution in [1.29, 1.82) is 0 Å². The van der Waals surface area contributed by atoms with Crippen LogP contribution in [0.25, 0.3) is 16.5 Å². The molecule has 0 amide bonds. The molecule has 1 atom stereocenters. The summed E-state index contributed by atoms with van der Waals surface area (Å²) in [5.74, 6) is 1.27. The van der Waals surface area contributed by atoms with E-state index in [1.807, 2.05) is 84.0 Å². The van der Waals surface area contributed by atoms with Crippen LogP contribution in [0.4, 0.5) is 5.88 Å². The molecule has 3 aromatic rings. The SMILES string of the molecule is C=C/C(=C(\C=C/C)OC(C)c1cc(C)cc2c(=O)c(C)c(N3CCC(C)(C)CC3)oc12)c1ccc2c(c1)C=NOB2O.CC. The average Bonchev–Trinajstić information content (AvgIpc) is 3.00. The van der Waals surface area contributed by atoms with E-state index in [9.17, 15) is 9.82 Å². The molecule has 7 nitrogen and oxygen atoms in total. The predicted octanol–water partition coefficient (Wildman–Crippen LogP) is 7.37. The van der Waals surface area contributed by atoms with E-state index in [0.29, 0.717) is 33.6 Å². The van der Waals surface area contributed by atoms with E-state index in [1.165, 1.54) is 0 Å². The van der Waals surface area contributed by atoms with Crippen molar-refractivity contribution in [3.8, 4) is 0 Å². The van der Waals surface area contributed by atoms with Crippen molar-refractivity contribution in [2.45, 2.75) is 74.3 Å². The molecule has 1 aromatic heterocycles. The molecule has 5 rings (SSSR count). The van der Waals surface area contributed by atoms with Crippen LogP contribution in [0, 0.1) is 19.3 Å².